The Bertz CT molecular complexity index is 399. The fraction of sp³-hybridized carbons (Fsp3) is 0.333. The zero-order valence-electron chi connectivity index (χ0n) is 10.2. The van der Waals surface area contributed by atoms with E-state index in [-0.39, 0.29) is 6.29 Å². The Hall–Kier alpha value is -1.92. The van der Waals surface area contributed by atoms with Crippen molar-refractivity contribution >= 4 is 0 Å². The van der Waals surface area contributed by atoms with Crippen LogP contribution in [0, 0.1) is 0 Å². The minimum atomic E-state index is -0.0967. The van der Waals surface area contributed by atoms with Crippen molar-refractivity contribution in [1.29, 1.82) is 0 Å². The van der Waals surface area contributed by atoms with Crippen LogP contribution < -0.4 is 10.6 Å². The number of hydrogen-bond acceptors (Lipinski definition) is 4. The molecule has 0 aliphatic carbocycles. The van der Waals surface area contributed by atoms with Gasteiger partial charge in [-0.05, 0) is 12.1 Å². The molecule has 0 saturated carbocycles. The lowest BCUT2D eigenvalue weighted by Crippen LogP contribution is -2.37. The molecule has 0 bridgehead atoms. The van der Waals surface area contributed by atoms with Crippen LogP contribution >= 0.6 is 0 Å². The van der Waals surface area contributed by atoms with Gasteiger partial charge in [-0.2, -0.15) is 10.2 Å². The predicted octanol–water partition coefficient (Wildman–Crippen LogP) is 0.449. The van der Waals surface area contributed by atoms with Gasteiger partial charge >= 0.3 is 0 Å². The molecule has 96 valence electrons. The lowest BCUT2D eigenvalue weighted by Gasteiger charge is -2.19. The highest BCUT2D eigenvalue weighted by molar-refractivity contribution is 4.85. The molecule has 0 saturated heterocycles. The molecule has 2 rings (SSSR count). The molecule has 6 heteroatoms. The van der Waals surface area contributed by atoms with Crippen LogP contribution in [-0.2, 0) is 0 Å². The molecule has 2 aromatic rings. The van der Waals surface area contributed by atoms with Gasteiger partial charge in [0.1, 0.15) is 0 Å². The highest BCUT2D eigenvalue weighted by Gasteiger charge is 2.11. The van der Waals surface area contributed by atoms with E-state index in [1.165, 1.54) is 0 Å². The molecule has 0 radical (unpaired) electrons. The number of aromatic nitrogens is 4. The zero-order chi connectivity index (χ0) is 12.6. The molecule has 6 nitrogen and oxygen atoms in total. The average Bonchev–Trinajstić information content (AvgIpc) is 3.06. The van der Waals surface area contributed by atoms with E-state index in [2.05, 4.69) is 27.4 Å². The maximum Gasteiger partial charge on any atom is 0.197 e. The summed E-state index contributed by atoms with van der Waals surface area (Å²) in [6.45, 7) is 6.16. The van der Waals surface area contributed by atoms with Gasteiger partial charge in [0, 0.05) is 44.4 Å². The third-order valence-electron chi connectivity index (χ3n) is 2.47. The van der Waals surface area contributed by atoms with Crippen LogP contribution in [-0.4, -0.2) is 39.2 Å². The van der Waals surface area contributed by atoms with Crippen LogP contribution in [0.25, 0.3) is 0 Å². The quantitative estimate of drug-likeness (QED) is 0.524. The van der Waals surface area contributed by atoms with E-state index in [1.54, 1.807) is 12.4 Å². The SMILES string of the molecule is C=CCNCCNC(n1cccn1)n1cccn1. The van der Waals surface area contributed by atoms with Crippen molar-refractivity contribution in [2.45, 2.75) is 6.29 Å². The minimum absolute atomic E-state index is 0.0967. The largest absolute Gasteiger partial charge is 0.312 e. The van der Waals surface area contributed by atoms with Crippen molar-refractivity contribution in [1.82, 2.24) is 30.2 Å². The Morgan fingerprint density at radius 3 is 2.28 bits per heavy atom. The third-order valence-corrected chi connectivity index (χ3v) is 2.47. The second kappa shape index (κ2) is 6.73. The van der Waals surface area contributed by atoms with Crippen molar-refractivity contribution in [3.8, 4) is 0 Å². The first-order valence-corrected chi connectivity index (χ1v) is 5.95. The van der Waals surface area contributed by atoms with Gasteiger partial charge in [0.15, 0.2) is 6.29 Å². The summed E-state index contributed by atoms with van der Waals surface area (Å²) in [4.78, 5) is 0. The van der Waals surface area contributed by atoms with E-state index in [4.69, 9.17) is 0 Å². The van der Waals surface area contributed by atoms with Crippen LogP contribution in [0.3, 0.4) is 0 Å². The molecule has 0 spiro atoms. The van der Waals surface area contributed by atoms with Crippen molar-refractivity contribution in [2.24, 2.45) is 0 Å². The normalized spacial score (nSPS) is 10.9. The van der Waals surface area contributed by atoms with Gasteiger partial charge in [-0.25, -0.2) is 9.36 Å². The Morgan fingerprint density at radius 2 is 1.78 bits per heavy atom. The fourth-order valence-electron chi connectivity index (χ4n) is 1.65. The van der Waals surface area contributed by atoms with Gasteiger partial charge in [-0.1, -0.05) is 6.08 Å². The number of nitrogens with one attached hydrogen (secondary N) is 2. The summed E-state index contributed by atoms with van der Waals surface area (Å²) in [6.07, 6.45) is 9.09. The topological polar surface area (TPSA) is 59.7 Å². The highest BCUT2D eigenvalue weighted by Crippen LogP contribution is 2.02. The Morgan fingerprint density at radius 1 is 1.11 bits per heavy atom. The van der Waals surface area contributed by atoms with Gasteiger partial charge in [-0.15, -0.1) is 6.58 Å². The molecule has 2 N–H and O–H groups in total. The number of nitrogens with zero attached hydrogens (tertiary/aromatic N) is 4. The number of hydrogen-bond donors (Lipinski definition) is 2. The van der Waals surface area contributed by atoms with Crippen LogP contribution in [0.1, 0.15) is 6.29 Å². The number of rotatable bonds is 8. The molecule has 0 aromatic carbocycles. The fourth-order valence-corrected chi connectivity index (χ4v) is 1.65. The molecule has 18 heavy (non-hydrogen) atoms. The second-order valence-electron chi connectivity index (χ2n) is 3.79. The molecule has 0 aliphatic rings. The first-order valence-electron chi connectivity index (χ1n) is 5.95. The van der Waals surface area contributed by atoms with Crippen LogP contribution in [0.15, 0.2) is 49.6 Å². The molecular weight excluding hydrogens is 228 g/mol. The van der Waals surface area contributed by atoms with E-state index < -0.39 is 0 Å². The van der Waals surface area contributed by atoms with E-state index in [0.717, 1.165) is 19.6 Å². The van der Waals surface area contributed by atoms with Gasteiger partial charge in [0.05, 0.1) is 0 Å². The van der Waals surface area contributed by atoms with E-state index in [1.807, 2.05) is 40.0 Å². The van der Waals surface area contributed by atoms with Gasteiger partial charge in [-0.3, -0.25) is 5.32 Å². The molecule has 0 aliphatic heterocycles. The lowest BCUT2D eigenvalue weighted by atomic mass is 10.5. The average molecular weight is 246 g/mol. The molecule has 0 fully saturated rings. The highest BCUT2D eigenvalue weighted by atomic mass is 15.5. The van der Waals surface area contributed by atoms with Crippen LogP contribution in [0.5, 0.6) is 0 Å². The third kappa shape index (κ3) is 3.28. The molecule has 0 atom stereocenters. The first kappa shape index (κ1) is 12.5. The first-order chi connectivity index (χ1) is 8.92. The molecule has 2 heterocycles. The Balaban J connectivity index is 1.92. The summed E-state index contributed by atoms with van der Waals surface area (Å²) >= 11 is 0. The van der Waals surface area contributed by atoms with Crippen molar-refractivity contribution in [2.75, 3.05) is 19.6 Å². The van der Waals surface area contributed by atoms with Crippen molar-refractivity contribution < 1.29 is 0 Å². The predicted molar refractivity (Wildman–Crippen MR) is 70.0 cm³/mol. The maximum absolute atomic E-state index is 4.24. The van der Waals surface area contributed by atoms with Crippen molar-refractivity contribution in [3.05, 3.63) is 49.6 Å². The molecule has 0 amide bonds. The molecule has 0 unspecified atom stereocenters. The molecule has 2 aromatic heterocycles. The second-order valence-corrected chi connectivity index (χ2v) is 3.79. The smallest absolute Gasteiger partial charge is 0.197 e. The van der Waals surface area contributed by atoms with E-state index in [9.17, 15) is 0 Å². The lowest BCUT2D eigenvalue weighted by molar-refractivity contribution is 0.294. The van der Waals surface area contributed by atoms with Gasteiger partial charge < -0.3 is 5.32 Å². The van der Waals surface area contributed by atoms with Gasteiger partial charge in [0.25, 0.3) is 0 Å². The van der Waals surface area contributed by atoms with Crippen LogP contribution in [0.2, 0.25) is 0 Å². The summed E-state index contributed by atoms with van der Waals surface area (Å²) in [5, 5.41) is 15.1. The Kier molecular flexibility index (Phi) is 4.68. The van der Waals surface area contributed by atoms with Crippen molar-refractivity contribution in [3.63, 3.8) is 0 Å². The Labute approximate surface area is 106 Å². The summed E-state index contributed by atoms with van der Waals surface area (Å²) in [6, 6.07) is 3.79. The monoisotopic (exact) mass is 246 g/mol. The van der Waals surface area contributed by atoms with E-state index in [0.29, 0.717) is 0 Å². The van der Waals surface area contributed by atoms with Crippen LogP contribution in [0.4, 0.5) is 0 Å². The molecular formula is C12H18N6. The van der Waals surface area contributed by atoms with Gasteiger partial charge in [0.2, 0.25) is 0 Å². The van der Waals surface area contributed by atoms with E-state index >= 15 is 0 Å². The summed E-state index contributed by atoms with van der Waals surface area (Å²) < 4.78 is 3.67. The maximum atomic E-state index is 4.24. The minimum Gasteiger partial charge on any atom is -0.312 e. The summed E-state index contributed by atoms with van der Waals surface area (Å²) in [5.41, 5.74) is 0. The standard InChI is InChI=1S/C12H18N6/c1-2-5-13-8-9-14-12(17-10-3-6-15-17)18-11-4-7-16-18/h2-4,6-7,10-14H,1,5,8-9H2. The summed E-state index contributed by atoms with van der Waals surface area (Å²) in [5.74, 6) is 0. The summed E-state index contributed by atoms with van der Waals surface area (Å²) in [7, 11) is 0. The zero-order valence-corrected chi connectivity index (χ0v) is 10.2.